The van der Waals surface area contributed by atoms with E-state index in [-0.39, 0.29) is 18.4 Å². The van der Waals surface area contributed by atoms with Gasteiger partial charge in [-0.2, -0.15) is 0 Å². The molecule has 108 valence electrons. The second kappa shape index (κ2) is 5.83. The van der Waals surface area contributed by atoms with E-state index in [2.05, 4.69) is 5.32 Å². The van der Waals surface area contributed by atoms with Gasteiger partial charge in [0.05, 0.1) is 11.8 Å². The van der Waals surface area contributed by atoms with Gasteiger partial charge in [-0.25, -0.2) is 0 Å². The maximum Gasteiger partial charge on any atom is 0.305 e. The maximum absolute atomic E-state index is 12.5. The molecule has 4 nitrogen and oxygen atoms in total. The number of carboxylic acids is 1. The van der Waals surface area contributed by atoms with E-state index in [9.17, 15) is 9.59 Å². The number of benzene rings is 1. The number of nitrogens with one attached hydrogen (secondary N) is 1. The van der Waals surface area contributed by atoms with Crippen LogP contribution in [0.4, 0.5) is 0 Å². The highest BCUT2D eigenvalue weighted by molar-refractivity contribution is 6.30. The standard InChI is InChI=1S/C15H18ClNO3/c1-10(9-13(18)19)17-14(20)15(7-2-8-15)11-3-5-12(16)6-4-11/h3-6,10H,2,7-9H2,1H3,(H,17,20)(H,18,19)/t10-/m0/s1. The van der Waals surface area contributed by atoms with Crippen LogP contribution in [0, 0.1) is 0 Å². The van der Waals surface area contributed by atoms with E-state index in [0.717, 1.165) is 24.8 Å². The van der Waals surface area contributed by atoms with Crippen molar-refractivity contribution >= 4 is 23.5 Å². The van der Waals surface area contributed by atoms with E-state index in [0.29, 0.717) is 5.02 Å². The average Bonchev–Trinajstić information content (AvgIpc) is 2.28. The normalized spacial score (nSPS) is 17.9. The molecule has 1 aliphatic rings. The van der Waals surface area contributed by atoms with Crippen molar-refractivity contribution in [1.82, 2.24) is 5.32 Å². The summed E-state index contributed by atoms with van der Waals surface area (Å²) in [5.74, 6) is -0.994. The van der Waals surface area contributed by atoms with Crippen LogP contribution in [0.2, 0.25) is 5.02 Å². The molecule has 0 saturated heterocycles. The molecule has 0 spiro atoms. The topological polar surface area (TPSA) is 66.4 Å². The molecule has 0 unspecified atom stereocenters. The van der Waals surface area contributed by atoms with E-state index in [1.54, 1.807) is 19.1 Å². The molecule has 0 aromatic heterocycles. The lowest BCUT2D eigenvalue weighted by atomic mass is 9.63. The van der Waals surface area contributed by atoms with Gasteiger partial charge in [-0.05, 0) is 37.5 Å². The van der Waals surface area contributed by atoms with Crippen molar-refractivity contribution in [2.75, 3.05) is 0 Å². The van der Waals surface area contributed by atoms with E-state index < -0.39 is 11.4 Å². The number of carbonyl (C=O) groups excluding carboxylic acids is 1. The Kier molecular flexibility index (Phi) is 4.33. The third-order valence-electron chi connectivity index (χ3n) is 3.90. The molecule has 0 bridgehead atoms. The monoisotopic (exact) mass is 295 g/mol. The van der Waals surface area contributed by atoms with Crippen molar-refractivity contribution in [1.29, 1.82) is 0 Å². The molecular formula is C15H18ClNO3. The van der Waals surface area contributed by atoms with Crippen molar-refractivity contribution < 1.29 is 14.7 Å². The van der Waals surface area contributed by atoms with Gasteiger partial charge in [-0.3, -0.25) is 9.59 Å². The summed E-state index contributed by atoms with van der Waals surface area (Å²) in [6, 6.07) is 6.95. The summed E-state index contributed by atoms with van der Waals surface area (Å²) in [6.07, 6.45) is 2.52. The Morgan fingerprint density at radius 2 is 1.95 bits per heavy atom. The van der Waals surface area contributed by atoms with Gasteiger partial charge in [0.2, 0.25) is 5.91 Å². The molecule has 5 heteroatoms. The third kappa shape index (κ3) is 2.96. The second-order valence-corrected chi connectivity index (χ2v) is 5.85. The zero-order valence-electron chi connectivity index (χ0n) is 11.4. The van der Waals surface area contributed by atoms with Gasteiger partial charge in [-0.1, -0.05) is 30.2 Å². The Morgan fingerprint density at radius 1 is 1.35 bits per heavy atom. The van der Waals surface area contributed by atoms with Gasteiger partial charge >= 0.3 is 5.97 Å². The van der Waals surface area contributed by atoms with Crippen molar-refractivity contribution in [2.45, 2.75) is 44.1 Å². The summed E-state index contributed by atoms with van der Waals surface area (Å²) in [7, 11) is 0. The molecular weight excluding hydrogens is 278 g/mol. The molecule has 20 heavy (non-hydrogen) atoms. The van der Waals surface area contributed by atoms with Crippen molar-refractivity contribution in [3.8, 4) is 0 Å². The molecule has 1 atom stereocenters. The van der Waals surface area contributed by atoms with Gasteiger partial charge in [-0.15, -0.1) is 0 Å². The fraction of sp³-hybridized carbons (Fsp3) is 0.467. The molecule has 1 saturated carbocycles. The minimum Gasteiger partial charge on any atom is -0.481 e. The first-order chi connectivity index (χ1) is 9.44. The van der Waals surface area contributed by atoms with Crippen LogP contribution in [0.5, 0.6) is 0 Å². The Balaban J connectivity index is 2.12. The Morgan fingerprint density at radius 3 is 2.40 bits per heavy atom. The summed E-state index contributed by atoms with van der Waals surface area (Å²) in [5.41, 5.74) is 0.435. The highest BCUT2D eigenvalue weighted by Gasteiger charge is 2.45. The number of halogens is 1. The minimum atomic E-state index is -0.910. The Hall–Kier alpha value is -1.55. The number of aliphatic carboxylic acids is 1. The van der Waals surface area contributed by atoms with Crippen LogP contribution in [0.15, 0.2) is 24.3 Å². The summed E-state index contributed by atoms with van der Waals surface area (Å²) >= 11 is 5.88. The van der Waals surface area contributed by atoms with Crippen LogP contribution in [-0.2, 0) is 15.0 Å². The first-order valence-electron chi connectivity index (χ1n) is 6.73. The summed E-state index contributed by atoms with van der Waals surface area (Å²) in [6.45, 7) is 1.71. The predicted octanol–water partition coefficient (Wildman–Crippen LogP) is 2.74. The fourth-order valence-electron chi connectivity index (χ4n) is 2.62. The van der Waals surface area contributed by atoms with E-state index in [1.165, 1.54) is 0 Å². The molecule has 2 N–H and O–H groups in total. The Labute approximate surface area is 123 Å². The van der Waals surface area contributed by atoms with Crippen molar-refractivity contribution in [3.63, 3.8) is 0 Å². The van der Waals surface area contributed by atoms with Gasteiger partial charge < -0.3 is 10.4 Å². The number of hydrogen-bond donors (Lipinski definition) is 2. The SMILES string of the molecule is C[C@@H](CC(=O)O)NC(=O)C1(c2ccc(Cl)cc2)CCC1. The lowest BCUT2D eigenvalue weighted by Gasteiger charge is -2.41. The number of amides is 1. The summed E-state index contributed by atoms with van der Waals surface area (Å²) in [5, 5.41) is 12.2. The van der Waals surface area contributed by atoms with E-state index in [4.69, 9.17) is 16.7 Å². The molecule has 1 aliphatic carbocycles. The number of carboxylic acid groups (broad SMARTS) is 1. The first kappa shape index (κ1) is 14.9. The van der Waals surface area contributed by atoms with Crippen LogP contribution >= 0.6 is 11.6 Å². The van der Waals surface area contributed by atoms with Gasteiger partial charge in [0.1, 0.15) is 0 Å². The lowest BCUT2D eigenvalue weighted by Crippen LogP contribution is -2.51. The largest absolute Gasteiger partial charge is 0.481 e. The predicted molar refractivity (Wildman–Crippen MR) is 76.8 cm³/mol. The van der Waals surface area contributed by atoms with Crippen molar-refractivity contribution in [3.05, 3.63) is 34.9 Å². The lowest BCUT2D eigenvalue weighted by molar-refractivity contribution is -0.138. The van der Waals surface area contributed by atoms with Crippen LogP contribution < -0.4 is 5.32 Å². The number of carbonyl (C=O) groups is 2. The number of hydrogen-bond acceptors (Lipinski definition) is 2. The molecule has 1 aromatic rings. The fourth-order valence-corrected chi connectivity index (χ4v) is 2.75. The Bertz CT molecular complexity index is 508. The highest BCUT2D eigenvalue weighted by atomic mass is 35.5. The molecule has 1 aromatic carbocycles. The summed E-state index contributed by atoms with van der Waals surface area (Å²) < 4.78 is 0. The van der Waals surface area contributed by atoms with E-state index in [1.807, 2.05) is 12.1 Å². The van der Waals surface area contributed by atoms with Crippen LogP contribution in [0.1, 0.15) is 38.2 Å². The second-order valence-electron chi connectivity index (χ2n) is 5.41. The maximum atomic E-state index is 12.5. The van der Waals surface area contributed by atoms with Gasteiger partial charge in [0.15, 0.2) is 0 Å². The molecule has 1 amide bonds. The number of rotatable bonds is 5. The van der Waals surface area contributed by atoms with Crippen molar-refractivity contribution in [2.24, 2.45) is 0 Å². The zero-order chi connectivity index (χ0) is 14.8. The van der Waals surface area contributed by atoms with Gasteiger partial charge in [0, 0.05) is 11.1 Å². The average molecular weight is 296 g/mol. The third-order valence-corrected chi connectivity index (χ3v) is 4.15. The van der Waals surface area contributed by atoms with Crippen LogP contribution in [0.25, 0.3) is 0 Å². The summed E-state index contributed by atoms with van der Waals surface area (Å²) in [4.78, 5) is 23.2. The molecule has 1 fully saturated rings. The van der Waals surface area contributed by atoms with Gasteiger partial charge in [0.25, 0.3) is 0 Å². The molecule has 0 aliphatic heterocycles. The molecule has 0 heterocycles. The van der Waals surface area contributed by atoms with Crippen LogP contribution in [-0.4, -0.2) is 23.0 Å². The quantitative estimate of drug-likeness (QED) is 0.878. The molecule has 0 radical (unpaired) electrons. The van der Waals surface area contributed by atoms with Crippen LogP contribution in [0.3, 0.4) is 0 Å². The molecule has 2 rings (SSSR count). The van der Waals surface area contributed by atoms with E-state index >= 15 is 0 Å². The zero-order valence-corrected chi connectivity index (χ0v) is 12.1. The smallest absolute Gasteiger partial charge is 0.305 e. The minimum absolute atomic E-state index is 0.0670. The first-order valence-corrected chi connectivity index (χ1v) is 7.11. The highest BCUT2D eigenvalue weighted by Crippen LogP contribution is 2.44.